The molecule has 1 saturated heterocycles. The number of fused-ring (bicyclic) bond motifs is 1. The minimum atomic E-state index is -0.522. The van der Waals surface area contributed by atoms with Crippen molar-refractivity contribution in [1.29, 1.82) is 0 Å². The lowest BCUT2D eigenvalue weighted by atomic mass is 9.98. The van der Waals surface area contributed by atoms with E-state index in [0.29, 0.717) is 46.6 Å². The number of nitrogens with one attached hydrogen (secondary N) is 1. The first-order valence-corrected chi connectivity index (χ1v) is 10.8. The number of hydrogen-bond donors (Lipinski definition) is 1. The number of amides is 2. The molecule has 0 radical (unpaired) electrons. The first kappa shape index (κ1) is 21.9. The number of aryl methyl sites for hydroxylation is 1. The molecule has 32 heavy (non-hydrogen) atoms. The molecule has 8 heteroatoms. The highest BCUT2D eigenvalue weighted by Gasteiger charge is 2.29. The molecule has 0 bridgehead atoms. The van der Waals surface area contributed by atoms with Crippen molar-refractivity contribution in [3.8, 4) is 0 Å². The van der Waals surface area contributed by atoms with E-state index < -0.39 is 17.5 Å². The molecule has 0 spiro atoms. The summed E-state index contributed by atoms with van der Waals surface area (Å²) in [6.45, 7) is 2.59. The summed E-state index contributed by atoms with van der Waals surface area (Å²) in [5, 5.41) is 4.00. The first-order valence-electron chi connectivity index (χ1n) is 10.4. The van der Waals surface area contributed by atoms with Gasteiger partial charge in [-0.05, 0) is 49.6 Å². The number of halogens is 1. The van der Waals surface area contributed by atoms with Crippen molar-refractivity contribution in [2.75, 3.05) is 18.4 Å². The molecule has 2 aromatic carbocycles. The van der Waals surface area contributed by atoms with Gasteiger partial charge in [-0.2, -0.15) is 0 Å². The lowest BCUT2D eigenvalue weighted by Crippen LogP contribution is -2.44. The van der Waals surface area contributed by atoms with E-state index in [2.05, 4.69) is 5.32 Å². The lowest BCUT2D eigenvalue weighted by Gasteiger charge is -2.31. The molecule has 1 fully saturated rings. The van der Waals surface area contributed by atoms with Crippen molar-refractivity contribution in [3.05, 3.63) is 75.1 Å². The van der Waals surface area contributed by atoms with Crippen molar-refractivity contribution in [1.82, 2.24) is 4.90 Å². The first-order chi connectivity index (χ1) is 15.4. The number of piperidine rings is 1. The molecule has 3 aromatic rings. The van der Waals surface area contributed by atoms with Crippen molar-refractivity contribution >= 4 is 40.3 Å². The topological polar surface area (TPSA) is 88.8 Å². The number of urea groups is 1. The zero-order valence-electron chi connectivity index (χ0n) is 17.6. The smallest absolute Gasteiger partial charge is 0.336 e. The molecule has 1 aromatic heterocycles. The molecule has 1 aliphatic heterocycles. The molecule has 1 N–H and O–H groups in total. The normalized spacial score (nSPS) is 16.1. The van der Waals surface area contributed by atoms with Gasteiger partial charge in [0, 0.05) is 40.8 Å². The minimum Gasteiger partial charge on any atom is -0.461 e. The molecular formula is C24H23ClN2O5. The summed E-state index contributed by atoms with van der Waals surface area (Å²) in [6, 6.07) is 13.6. The Labute approximate surface area is 189 Å². The van der Waals surface area contributed by atoms with Gasteiger partial charge in [0.15, 0.2) is 0 Å². The second-order valence-corrected chi connectivity index (χ2v) is 8.28. The van der Waals surface area contributed by atoms with E-state index in [1.54, 1.807) is 17.0 Å². The molecule has 2 amide bonds. The summed E-state index contributed by atoms with van der Waals surface area (Å²) in [5.74, 6) is -0.829. The third-order valence-corrected chi connectivity index (χ3v) is 5.95. The van der Waals surface area contributed by atoms with Gasteiger partial charge in [0.2, 0.25) is 0 Å². The summed E-state index contributed by atoms with van der Waals surface area (Å²) in [4.78, 5) is 38.8. The van der Waals surface area contributed by atoms with Crippen LogP contribution in [-0.4, -0.2) is 30.0 Å². The quantitative estimate of drug-likeness (QED) is 0.454. The van der Waals surface area contributed by atoms with E-state index in [1.807, 2.05) is 37.3 Å². The van der Waals surface area contributed by atoms with E-state index in [1.165, 1.54) is 6.07 Å². The molecule has 2 heterocycles. The molecule has 0 unspecified atom stereocenters. The van der Waals surface area contributed by atoms with Crippen LogP contribution in [0.3, 0.4) is 0 Å². The predicted molar refractivity (Wildman–Crippen MR) is 122 cm³/mol. The average molecular weight is 455 g/mol. The largest absolute Gasteiger partial charge is 0.461 e. The van der Waals surface area contributed by atoms with Gasteiger partial charge in [-0.15, -0.1) is 0 Å². The predicted octanol–water partition coefficient (Wildman–Crippen LogP) is 4.74. The van der Waals surface area contributed by atoms with E-state index in [4.69, 9.17) is 20.8 Å². The lowest BCUT2D eigenvalue weighted by molar-refractivity contribution is -0.151. The number of hydrogen-bond acceptors (Lipinski definition) is 5. The fraction of sp³-hybridized carbons (Fsp3) is 0.292. The molecule has 0 aliphatic carbocycles. The van der Waals surface area contributed by atoms with Crippen molar-refractivity contribution in [2.24, 2.45) is 5.92 Å². The van der Waals surface area contributed by atoms with Crippen LogP contribution < -0.4 is 10.9 Å². The fourth-order valence-corrected chi connectivity index (χ4v) is 3.98. The van der Waals surface area contributed by atoms with Gasteiger partial charge >= 0.3 is 17.6 Å². The number of esters is 1. The number of rotatable bonds is 4. The number of para-hydroxylation sites is 1. The summed E-state index contributed by atoms with van der Waals surface area (Å²) >= 11 is 6.22. The van der Waals surface area contributed by atoms with Crippen LogP contribution >= 0.6 is 11.6 Å². The van der Waals surface area contributed by atoms with E-state index in [-0.39, 0.29) is 19.2 Å². The standard InChI is InChI=1S/C24H23ClN2O5/c1-15-10-21-19(12-20(15)25)17(11-22(28)32-21)14-31-23(29)16-6-5-9-27(13-16)24(30)26-18-7-3-2-4-8-18/h2-4,7-8,10-12,16H,5-6,9,13-14H2,1H3,(H,26,30)/t16-/m0/s1. The van der Waals surface area contributed by atoms with Crippen LogP contribution in [0.15, 0.2) is 57.7 Å². The Morgan fingerprint density at radius 3 is 2.78 bits per heavy atom. The molecule has 166 valence electrons. The van der Waals surface area contributed by atoms with Gasteiger partial charge in [-0.1, -0.05) is 29.8 Å². The van der Waals surface area contributed by atoms with E-state index in [0.717, 1.165) is 5.56 Å². The van der Waals surface area contributed by atoms with Gasteiger partial charge in [-0.25, -0.2) is 9.59 Å². The highest BCUT2D eigenvalue weighted by molar-refractivity contribution is 6.32. The number of ether oxygens (including phenoxy) is 1. The third kappa shape index (κ3) is 4.94. The van der Waals surface area contributed by atoms with Crippen LogP contribution in [0, 0.1) is 12.8 Å². The summed E-state index contributed by atoms with van der Waals surface area (Å²) in [7, 11) is 0. The number of benzene rings is 2. The van der Waals surface area contributed by atoms with Crippen LogP contribution in [0.5, 0.6) is 0 Å². The van der Waals surface area contributed by atoms with Crippen molar-refractivity contribution < 1.29 is 18.7 Å². The Bertz CT molecular complexity index is 1210. The molecule has 1 atom stereocenters. The Kier molecular flexibility index (Phi) is 6.46. The highest BCUT2D eigenvalue weighted by Crippen LogP contribution is 2.26. The van der Waals surface area contributed by atoms with Gasteiger partial charge < -0.3 is 19.4 Å². The highest BCUT2D eigenvalue weighted by atomic mass is 35.5. The average Bonchev–Trinajstić information content (AvgIpc) is 2.79. The van der Waals surface area contributed by atoms with Gasteiger partial charge in [-0.3, -0.25) is 4.79 Å². The van der Waals surface area contributed by atoms with Gasteiger partial charge in [0.1, 0.15) is 12.2 Å². The van der Waals surface area contributed by atoms with E-state index >= 15 is 0 Å². The van der Waals surface area contributed by atoms with Gasteiger partial charge in [0.05, 0.1) is 5.92 Å². The zero-order chi connectivity index (χ0) is 22.7. The molecular weight excluding hydrogens is 432 g/mol. The zero-order valence-corrected chi connectivity index (χ0v) is 18.4. The van der Waals surface area contributed by atoms with Crippen LogP contribution in [-0.2, 0) is 16.1 Å². The number of carbonyl (C=O) groups is 2. The summed E-state index contributed by atoms with van der Waals surface area (Å²) in [6.07, 6.45) is 1.34. The van der Waals surface area contributed by atoms with Crippen molar-refractivity contribution in [3.63, 3.8) is 0 Å². The number of nitrogens with zero attached hydrogens (tertiary/aromatic N) is 1. The second-order valence-electron chi connectivity index (χ2n) is 7.88. The molecule has 0 saturated carbocycles. The summed E-state index contributed by atoms with van der Waals surface area (Å²) in [5.41, 5.74) is 1.89. The third-order valence-electron chi connectivity index (χ3n) is 5.55. The monoisotopic (exact) mass is 454 g/mol. The Balaban J connectivity index is 1.41. The number of anilines is 1. The minimum absolute atomic E-state index is 0.0764. The molecule has 7 nitrogen and oxygen atoms in total. The van der Waals surface area contributed by atoms with Crippen LogP contribution in [0.4, 0.5) is 10.5 Å². The molecule has 4 rings (SSSR count). The Hall–Kier alpha value is -3.32. The number of carbonyl (C=O) groups excluding carboxylic acids is 2. The second kappa shape index (κ2) is 9.44. The maximum atomic E-state index is 12.7. The Morgan fingerprint density at radius 2 is 2.00 bits per heavy atom. The van der Waals surface area contributed by atoms with Crippen LogP contribution in [0.1, 0.15) is 24.0 Å². The maximum Gasteiger partial charge on any atom is 0.336 e. The number of likely N-dealkylation sites (tertiary alicyclic amines) is 1. The van der Waals surface area contributed by atoms with Crippen molar-refractivity contribution in [2.45, 2.75) is 26.4 Å². The SMILES string of the molecule is Cc1cc2oc(=O)cc(COC(=O)[C@H]3CCCN(C(=O)Nc4ccccc4)C3)c2cc1Cl. The van der Waals surface area contributed by atoms with Crippen LogP contribution in [0.2, 0.25) is 5.02 Å². The Morgan fingerprint density at radius 1 is 1.22 bits per heavy atom. The molecule has 1 aliphatic rings. The van der Waals surface area contributed by atoms with Gasteiger partial charge in [0.25, 0.3) is 0 Å². The van der Waals surface area contributed by atoms with Crippen LogP contribution in [0.25, 0.3) is 11.0 Å². The summed E-state index contributed by atoms with van der Waals surface area (Å²) < 4.78 is 10.8. The fourth-order valence-electron chi connectivity index (χ4n) is 3.81. The maximum absolute atomic E-state index is 12.7. The van der Waals surface area contributed by atoms with E-state index in [9.17, 15) is 14.4 Å².